The highest BCUT2D eigenvalue weighted by atomic mass is 35.5. The molecule has 4 aromatic carbocycles. The zero-order valence-electron chi connectivity index (χ0n) is 34.7. The minimum Gasteiger partial charge on any atom is -0.505 e. The highest BCUT2D eigenvalue weighted by molar-refractivity contribution is 7.95. The van der Waals surface area contributed by atoms with Gasteiger partial charge in [0.1, 0.15) is 22.0 Å². The van der Waals surface area contributed by atoms with Crippen molar-refractivity contribution in [2.75, 3.05) is 65.9 Å². The van der Waals surface area contributed by atoms with Crippen LogP contribution in [-0.2, 0) is 67.9 Å². The molecule has 1 aromatic heterocycles. The zero-order chi connectivity index (χ0) is 51.3. The van der Waals surface area contributed by atoms with Crippen LogP contribution in [0.2, 0.25) is 5.28 Å². The van der Waals surface area contributed by atoms with Gasteiger partial charge in [0.15, 0.2) is 25.4 Å². The minimum atomic E-state index is -5.24. The summed E-state index contributed by atoms with van der Waals surface area (Å²) in [6.45, 7) is -0.749. The zero-order valence-corrected chi connectivity index (χ0v) is 41.1. The second-order valence-corrected chi connectivity index (χ2v) is 22.2. The quantitative estimate of drug-likeness (QED) is 0.00417. The number of aromatic hydroxyl groups is 1. The van der Waals surface area contributed by atoms with Crippen molar-refractivity contribution in [3.05, 3.63) is 59.9 Å². The number of nitrogens with two attached hydrogens (primary N) is 1. The van der Waals surface area contributed by atoms with Gasteiger partial charge in [-0.2, -0.15) is 36.9 Å². The third-order valence-electron chi connectivity index (χ3n) is 8.48. The summed E-state index contributed by atoms with van der Waals surface area (Å²) >= 11 is 12.3. The number of azo groups is 2. The maximum absolute atomic E-state index is 12.8. The van der Waals surface area contributed by atoms with Crippen LogP contribution in [0.1, 0.15) is 0 Å². The standard InChI is InChI=1S/C33H34Cl2N10O19S6/c34-7-12-67(49,50)13-10-59-9-8-37-32-39-31(35)40-33(41-32)38-20-3-6-23(65-63-61-47)22(17-20)43-45-29-25(69(53,54)55)16-18-15-24(66-64-62-48)28(27(36)26(18)30(29)46)44-42-19-1-4-21(5-2-19)68(51,52)14-11-60-70(56,57)58/h1-6,15-17,46-48H,7-14,36H2,(H,53,54,55)(H,56,57,58)(H2,37,38,39,40,41). The number of nitrogen functional groups attached to an aromatic ring is 1. The highest BCUT2D eigenvalue weighted by Crippen LogP contribution is 2.50. The van der Waals surface area contributed by atoms with Crippen molar-refractivity contribution in [2.24, 2.45) is 20.5 Å². The lowest BCUT2D eigenvalue weighted by atomic mass is 10.1. The molecule has 1 heterocycles. The van der Waals surface area contributed by atoms with E-state index in [2.05, 4.69) is 69.0 Å². The van der Waals surface area contributed by atoms with E-state index >= 15 is 0 Å². The third-order valence-corrected chi connectivity index (χ3v) is 15.0. The van der Waals surface area contributed by atoms with Crippen molar-refractivity contribution >= 4 is 144 Å². The van der Waals surface area contributed by atoms with Gasteiger partial charge in [0.2, 0.25) is 17.2 Å². The lowest BCUT2D eigenvalue weighted by Crippen LogP contribution is -2.19. The first-order chi connectivity index (χ1) is 33.0. The van der Waals surface area contributed by atoms with Crippen LogP contribution >= 0.6 is 47.3 Å². The van der Waals surface area contributed by atoms with Crippen LogP contribution in [0.25, 0.3) is 10.8 Å². The van der Waals surface area contributed by atoms with E-state index in [4.69, 9.17) is 48.7 Å². The average Bonchev–Trinajstić information content (AvgIpc) is 3.27. The number of halogens is 2. The van der Waals surface area contributed by atoms with Gasteiger partial charge in [-0.3, -0.25) is 9.11 Å². The molecule has 0 spiro atoms. The number of phenols is 1. The SMILES string of the molecule is Nc1c(N=Nc2ccc(S(=O)(=O)CCOS(=O)(=O)O)cc2)c(SOOO)cc2cc(S(=O)(=O)O)c(N=Nc3cc(Nc4nc(Cl)nc(NCCOCCS(=O)(=O)CCCl)n4)ccc3SOOO)c(O)c12. The molecule has 0 fully saturated rings. The maximum Gasteiger partial charge on any atom is 0.397 e. The molecule has 29 nitrogen and oxygen atoms in total. The second kappa shape index (κ2) is 25.1. The molecule has 5 rings (SSSR count). The van der Waals surface area contributed by atoms with Gasteiger partial charge in [0.25, 0.3) is 10.1 Å². The van der Waals surface area contributed by atoms with Crippen molar-refractivity contribution in [3.8, 4) is 5.75 Å². The summed E-state index contributed by atoms with van der Waals surface area (Å²) in [4.78, 5) is 10.9. The van der Waals surface area contributed by atoms with Crippen molar-refractivity contribution in [3.63, 3.8) is 0 Å². The molecule has 0 aliphatic carbocycles. The van der Waals surface area contributed by atoms with Gasteiger partial charge in [-0.15, -0.1) is 35.6 Å². The lowest BCUT2D eigenvalue weighted by Gasteiger charge is -2.14. The number of fused-ring (bicyclic) bond motifs is 1. The smallest absolute Gasteiger partial charge is 0.397 e. The number of nitrogens with zero attached hydrogens (tertiary/aromatic N) is 7. The van der Waals surface area contributed by atoms with E-state index in [0.29, 0.717) is 12.0 Å². The molecule has 70 heavy (non-hydrogen) atoms. The number of sulfone groups is 2. The van der Waals surface area contributed by atoms with Gasteiger partial charge in [-0.25, -0.2) is 31.5 Å². The van der Waals surface area contributed by atoms with Crippen LogP contribution < -0.4 is 16.4 Å². The van der Waals surface area contributed by atoms with E-state index in [0.717, 1.165) is 24.3 Å². The van der Waals surface area contributed by atoms with Crippen LogP contribution in [0.3, 0.4) is 0 Å². The number of rotatable bonds is 27. The monoisotopic (exact) mass is 1140 g/mol. The van der Waals surface area contributed by atoms with E-state index < -0.39 is 74.6 Å². The Morgan fingerprint density at radius 3 is 2.07 bits per heavy atom. The second-order valence-electron chi connectivity index (χ2n) is 13.1. The molecule has 9 N–H and O–H groups in total. The Morgan fingerprint density at radius 1 is 0.743 bits per heavy atom. The summed E-state index contributed by atoms with van der Waals surface area (Å²) in [5.74, 6) is -2.36. The Hall–Kier alpha value is -4.77. The van der Waals surface area contributed by atoms with Gasteiger partial charge >= 0.3 is 10.4 Å². The molecule has 0 atom stereocenters. The molecule has 0 unspecified atom stereocenters. The normalized spacial score (nSPS) is 12.7. The fourth-order valence-corrected chi connectivity index (χ4v) is 10.2. The Bertz CT molecular complexity index is 3200. The summed E-state index contributed by atoms with van der Waals surface area (Å²) < 4.78 is 133. The van der Waals surface area contributed by atoms with E-state index in [1.54, 1.807) is 0 Å². The molecule has 0 aliphatic rings. The Kier molecular flexibility index (Phi) is 20.1. The van der Waals surface area contributed by atoms with Gasteiger partial charge in [-0.05, 0) is 71.6 Å². The van der Waals surface area contributed by atoms with Gasteiger partial charge < -0.3 is 26.2 Å². The molecule has 5 aromatic rings. The largest absolute Gasteiger partial charge is 0.505 e. The third kappa shape index (κ3) is 16.4. The first kappa shape index (κ1) is 56.1. The van der Waals surface area contributed by atoms with Crippen LogP contribution in [-0.4, -0.2) is 123 Å². The van der Waals surface area contributed by atoms with E-state index in [1.807, 2.05) is 0 Å². The summed E-state index contributed by atoms with van der Waals surface area (Å²) in [5, 5.41) is 57.7. The Labute approximate surface area is 414 Å². The predicted molar refractivity (Wildman–Crippen MR) is 249 cm³/mol. The molecule has 0 aliphatic heterocycles. The molecular weight excluding hydrogens is 1100 g/mol. The number of ether oxygens (including phenoxy) is 1. The fourth-order valence-electron chi connectivity index (χ4n) is 5.47. The van der Waals surface area contributed by atoms with Crippen LogP contribution in [0.15, 0.2) is 94.6 Å². The molecule has 380 valence electrons. The number of nitrogens with one attached hydrogen (secondary N) is 2. The lowest BCUT2D eigenvalue weighted by molar-refractivity contribution is -0.432. The number of aromatic nitrogens is 3. The molecule has 0 amide bonds. The molecule has 37 heteroatoms. The summed E-state index contributed by atoms with van der Waals surface area (Å²) in [6, 6.07) is 10.7. The molecule has 0 bridgehead atoms. The van der Waals surface area contributed by atoms with Crippen molar-refractivity contribution in [2.45, 2.75) is 19.6 Å². The van der Waals surface area contributed by atoms with Gasteiger partial charge in [-0.1, -0.05) is 10.1 Å². The first-order valence-electron chi connectivity index (χ1n) is 18.6. The fraction of sp³-hybridized carbons (Fsp3) is 0.242. The summed E-state index contributed by atoms with van der Waals surface area (Å²) in [5.41, 5.74) is 4.88. The topological polar surface area (TPSA) is 431 Å². The van der Waals surface area contributed by atoms with E-state index in [-0.39, 0.29) is 115 Å². The van der Waals surface area contributed by atoms with Gasteiger partial charge in [0, 0.05) is 18.1 Å². The molecule has 0 saturated carbocycles. The van der Waals surface area contributed by atoms with E-state index in [9.17, 15) is 43.3 Å². The summed E-state index contributed by atoms with van der Waals surface area (Å²) in [6.07, 6.45) is 0. The van der Waals surface area contributed by atoms with Crippen LogP contribution in [0.5, 0.6) is 5.75 Å². The number of benzene rings is 4. The number of anilines is 4. The molecule has 0 saturated heterocycles. The van der Waals surface area contributed by atoms with E-state index in [1.165, 1.54) is 30.3 Å². The number of phenolic OH excluding ortho intramolecular Hbond substituents is 1. The Morgan fingerprint density at radius 2 is 1.41 bits per heavy atom. The van der Waals surface area contributed by atoms with Crippen molar-refractivity contribution in [1.29, 1.82) is 0 Å². The van der Waals surface area contributed by atoms with Crippen LogP contribution in [0.4, 0.5) is 46.0 Å². The van der Waals surface area contributed by atoms with Gasteiger partial charge in [0.05, 0.1) is 92.6 Å². The maximum atomic E-state index is 12.8. The number of alkyl halides is 1. The summed E-state index contributed by atoms with van der Waals surface area (Å²) in [7, 11) is -17.6. The minimum absolute atomic E-state index is 0.00783. The Balaban J connectivity index is 1.47. The molecule has 0 radical (unpaired) electrons. The number of hydrogen-bond acceptors (Lipinski definition) is 29. The molecular formula is C33H34Cl2N10O19S6. The highest BCUT2D eigenvalue weighted by Gasteiger charge is 2.26. The predicted octanol–water partition coefficient (Wildman–Crippen LogP) is 6.32. The van der Waals surface area contributed by atoms with Crippen LogP contribution in [0, 0.1) is 0 Å². The number of hydrogen-bond donors (Lipinski definition) is 8. The van der Waals surface area contributed by atoms with Crippen molar-refractivity contribution < 1.29 is 86.1 Å². The van der Waals surface area contributed by atoms with Crippen molar-refractivity contribution in [1.82, 2.24) is 15.0 Å². The first-order valence-corrected chi connectivity index (χ1v) is 27.3. The average molecular weight is 1140 g/mol.